The number of aryl methyl sites for hydroxylation is 1. The van der Waals surface area contributed by atoms with Crippen molar-refractivity contribution >= 4 is 29.5 Å². The van der Waals surface area contributed by atoms with E-state index < -0.39 is 23.9 Å². The average molecular weight is 469 g/mol. The summed E-state index contributed by atoms with van der Waals surface area (Å²) in [5, 5.41) is 2.25. The number of piperidine rings is 1. The Morgan fingerprint density at radius 3 is 2.71 bits per heavy atom. The molecule has 0 saturated carbocycles. The Bertz CT molecular complexity index is 1200. The predicted molar refractivity (Wildman–Crippen MR) is 119 cm³/mol. The lowest BCUT2D eigenvalue weighted by molar-refractivity contribution is -0.136. The van der Waals surface area contributed by atoms with Crippen LogP contribution in [-0.2, 0) is 16.1 Å². The summed E-state index contributed by atoms with van der Waals surface area (Å²) in [6, 6.07) is 6.57. The Labute approximate surface area is 195 Å². The van der Waals surface area contributed by atoms with E-state index in [2.05, 4.69) is 5.32 Å². The van der Waals surface area contributed by atoms with Crippen LogP contribution in [0, 0.1) is 12.7 Å². The fourth-order valence-electron chi connectivity index (χ4n) is 4.08. The van der Waals surface area contributed by atoms with Gasteiger partial charge < -0.3 is 14.4 Å². The number of hydrogen-bond donors (Lipinski definition) is 1. The van der Waals surface area contributed by atoms with E-state index in [1.807, 2.05) is 0 Å². The topological polar surface area (TPSA) is 105 Å². The summed E-state index contributed by atoms with van der Waals surface area (Å²) in [7, 11) is 1.37. The minimum Gasteiger partial charge on any atom is -0.494 e. The second-order valence-corrected chi connectivity index (χ2v) is 8.15. The number of ether oxygens (including phenoxy) is 2. The quantitative estimate of drug-likeness (QED) is 0.675. The SMILES string of the molecule is CCOc1cc(N(C)C(=O)Oc2ccc3c(c2)C(=O)N(C2CCC(=O)NC2=O)C3)c(F)cc1C. The third-order valence-electron chi connectivity index (χ3n) is 5.88. The van der Waals surface area contributed by atoms with Crippen LogP contribution in [0.3, 0.4) is 0 Å². The molecule has 1 unspecified atom stereocenters. The summed E-state index contributed by atoms with van der Waals surface area (Å²) in [5.41, 5.74) is 1.56. The summed E-state index contributed by atoms with van der Waals surface area (Å²) < 4.78 is 25.4. The van der Waals surface area contributed by atoms with Gasteiger partial charge in [-0.25, -0.2) is 9.18 Å². The third-order valence-corrected chi connectivity index (χ3v) is 5.88. The van der Waals surface area contributed by atoms with E-state index >= 15 is 0 Å². The molecule has 34 heavy (non-hydrogen) atoms. The molecule has 0 bridgehead atoms. The number of benzene rings is 2. The Kier molecular flexibility index (Phi) is 6.23. The van der Waals surface area contributed by atoms with Crippen molar-refractivity contribution < 1.29 is 33.0 Å². The fourth-order valence-corrected chi connectivity index (χ4v) is 4.08. The third kappa shape index (κ3) is 4.30. The van der Waals surface area contributed by atoms with Gasteiger partial charge in [0, 0.05) is 31.6 Å². The van der Waals surface area contributed by atoms with Crippen LogP contribution in [0.5, 0.6) is 11.5 Å². The highest BCUT2D eigenvalue weighted by molar-refractivity contribution is 6.05. The molecule has 2 aromatic rings. The van der Waals surface area contributed by atoms with E-state index in [1.165, 1.54) is 36.2 Å². The van der Waals surface area contributed by atoms with Gasteiger partial charge in [-0.3, -0.25) is 24.6 Å². The molecule has 2 aromatic carbocycles. The highest BCUT2D eigenvalue weighted by atomic mass is 19.1. The monoisotopic (exact) mass is 469 g/mol. The molecule has 2 aliphatic rings. The van der Waals surface area contributed by atoms with Gasteiger partial charge in [-0.2, -0.15) is 0 Å². The first-order chi connectivity index (χ1) is 16.2. The van der Waals surface area contributed by atoms with Crippen molar-refractivity contribution in [1.29, 1.82) is 0 Å². The summed E-state index contributed by atoms with van der Waals surface area (Å²) >= 11 is 0. The van der Waals surface area contributed by atoms with Gasteiger partial charge in [-0.05, 0) is 49.6 Å². The predicted octanol–water partition coefficient (Wildman–Crippen LogP) is 2.93. The number of hydrogen-bond acceptors (Lipinski definition) is 6. The number of nitrogens with zero attached hydrogens (tertiary/aromatic N) is 2. The molecule has 1 saturated heterocycles. The maximum atomic E-state index is 14.5. The number of fused-ring (bicyclic) bond motifs is 1. The Hall–Kier alpha value is -3.95. The number of amides is 4. The molecular weight excluding hydrogens is 445 g/mol. The molecule has 1 N–H and O–H groups in total. The minimum atomic E-state index is -0.849. The smallest absolute Gasteiger partial charge is 0.419 e. The van der Waals surface area contributed by atoms with Crippen molar-refractivity contribution in [3.8, 4) is 11.5 Å². The van der Waals surface area contributed by atoms with Crippen LogP contribution in [0.1, 0.15) is 41.3 Å². The maximum absolute atomic E-state index is 14.5. The molecule has 1 fully saturated rings. The molecule has 0 aliphatic carbocycles. The first-order valence-corrected chi connectivity index (χ1v) is 10.9. The molecule has 2 aliphatic heterocycles. The van der Waals surface area contributed by atoms with E-state index in [0.29, 0.717) is 29.0 Å². The van der Waals surface area contributed by atoms with Crippen molar-refractivity contribution in [2.24, 2.45) is 0 Å². The van der Waals surface area contributed by atoms with Gasteiger partial charge >= 0.3 is 6.09 Å². The van der Waals surface area contributed by atoms with Crippen molar-refractivity contribution in [3.63, 3.8) is 0 Å². The van der Waals surface area contributed by atoms with Crippen LogP contribution in [0.2, 0.25) is 0 Å². The second kappa shape index (κ2) is 9.12. The zero-order chi connectivity index (χ0) is 24.6. The van der Waals surface area contributed by atoms with Gasteiger partial charge in [0.1, 0.15) is 23.4 Å². The summed E-state index contributed by atoms with van der Waals surface area (Å²) in [5.74, 6) is -1.30. The van der Waals surface area contributed by atoms with Crippen LogP contribution in [0.15, 0.2) is 30.3 Å². The molecule has 2 heterocycles. The van der Waals surface area contributed by atoms with Crippen LogP contribution >= 0.6 is 0 Å². The van der Waals surface area contributed by atoms with E-state index in [-0.39, 0.29) is 42.6 Å². The Morgan fingerprint density at radius 2 is 2.00 bits per heavy atom. The molecule has 4 rings (SSSR count). The minimum absolute atomic E-state index is 0.0136. The number of nitrogens with one attached hydrogen (secondary N) is 1. The molecule has 4 amide bonds. The molecule has 0 aromatic heterocycles. The van der Waals surface area contributed by atoms with Crippen LogP contribution in [0.4, 0.5) is 14.9 Å². The normalized spacial score (nSPS) is 17.4. The lowest BCUT2D eigenvalue weighted by Crippen LogP contribution is -2.52. The van der Waals surface area contributed by atoms with Gasteiger partial charge in [0.05, 0.1) is 12.3 Å². The average Bonchev–Trinajstić information content (AvgIpc) is 3.11. The highest BCUT2D eigenvalue weighted by Crippen LogP contribution is 2.32. The van der Waals surface area contributed by atoms with Crippen LogP contribution < -0.4 is 19.7 Å². The van der Waals surface area contributed by atoms with Gasteiger partial charge in [-0.15, -0.1) is 0 Å². The molecule has 0 spiro atoms. The van der Waals surface area contributed by atoms with Gasteiger partial charge in [0.25, 0.3) is 5.91 Å². The van der Waals surface area contributed by atoms with Gasteiger partial charge in [-0.1, -0.05) is 6.07 Å². The Balaban J connectivity index is 1.50. The molecule has 178 valence electrons. The van der Waals surface area contributed by atoms with Crippen molar-refractivity contribution in [3.05, 3.63) is 52.8 Å². The largest absolute Gasteiger partial charge is 0.494 e. The zero-order valence-corrected chi connectivity index (χ0v) is 19.0. The van der Waals surface area contributed by atoms with Crippen molar-refractivity contribution in [1.82, 2.24) is 10.2 Å². The number of anilines is 1. The number of rotatable bonds is 5. The van der Waals surface area contributed by atoms with Crippen LogP contribution in [0.25, 0.3) is 0 Å². The number of carbonyl (C=O) groups is 4. The standard InChI is InChI=1S/C24H24FN3O6/c1-4-33-20-11-19(17(25)9-13(20)2)27(3)24(32)34-15-6-5-14-12-28(23(31)16(14)10-15)18-7-8-21(29)26-22(18)30/h5-6,9-11,18H,4,7-8,12H2,1-3H3,(H,26,29,30). The van der Waals surface area contributed by atoms with E-state index in [0.717, 1.165) is 4.90 Å². The Morgan fingerprint density at radius 1 is 1.24 bits per heavy atom. The lowest BCUT2D eigenvalue weighted by Gasteiger charge is -2.29. The van der Waals surface area contributed by atoms with Crippen molar-refractivity contribution in [2.75, 3.05) is 18.6 Å². The first kappa shape index (κ1) is 23.2. The number of carbonyl (C=O) groups excluding carboxylic acids is 4. The molecule has 10 heteroatoms. The molecule has 1 atom stereocenters. The molecule has 9 nitrogen and oxygen atoms in total. The fraction of sp³-hybridized carbons (Fsp3) is 0.333. The molecule has 0 radical (unpaired) electrons. The molecular formula is C24H24FN3O6. The van der Waals surface area contributed by atoms with E-state index in [4.69, 9.17) is 9.47 Å². The maximum Gasteiger partial charge on any atom is 0.419 e. The van der Waals surface area contributed by atoms with E-state index in [9.17, 15) is 23.6 Å². The summed E-state index contributed by atoms with van der Waals surface area (Å²) in [6.07, 6.45) is -0.438. The van der Waals surface area contributed by atoms with Gasteiger partial charge in [0.15, 0.2) is 0 Å². The van der Waals surface area contributed by atoms with Crippen molar-refractivity contribution in [2.45, 2.75) is 39.3 Å². The second-order valence-electron chi connectivity index (χ2n) is 8.15. The zero-order valence-electron chi connectivity index (χ0n) is 19.0. The van der Waals surface area contributed by atoms with Crippen LogP contribution in [-0.4, -0.2) is 48.4 Å². The lowest BCUT2D eigenvalue weighted by atomic mass is 10.0. The van der Waals surface area contributed by atoms with Gasteiger partial charge in [0.2, 0.25) is 11.8 Å². The highest BCUT2D eigenvalue weighted by Gasteiger charge is 2.39. The summed E-state index contributed by atoms with van der Waals surface area (Å²) in [6.45, 7) is 4.11. The first-order valence-electron chi connectivity index (χ1n) is 10.9. The number of halogens is 1. The summed E-state index contributed by atoms with van der Waals surface area (Å²) in [4.78, 5) is 51.7. The number of imide groups is 1. The van der Waals surface area contributed by atoms with E-state index in [1.54, 1.807) is 19.9 Å².